The van der Waals surface area contributed by atoms with Crippen LogP contribution >= 0.6 is 11.6 Å². The first-order valence-corrected chi connectivity index (χ1v) is 9.16. The van der Waals surface area contributed by atoms with Gasteiger partial charge in [-0.2, -0.15) is 0 Å². The second kappa shape index (κ2) is 7.91. The van der Waals surface area contributed by atoms with E-state index in [2.05, 4.69) is 11.9 Å². The number of amides is 3. The summed E-state index contributed by atoms with van der Waals surface area (Å²) in [6, 6.07) is 6.67. The first-order chi connectivity index (χ1) is 12.5. The van der Waals surface area contributed by atoms with Gasteiger partial charge in [-0.1, -0.05) is 30.3 Å². The molecule has 1 atom stereocenters. The lowest BCUT2D eigenvalue weighted by Crippen LogP contribution is -2.47. The lowest BCUT2D eigenvalue weighted by molar-refractivity contribution is -0.133. The third kappa shape index (κ3) is 3.75. The largest absolute Gasteiger partial charge is 0.344 e. The highest BCUT2D eigenvalue weighted by molar-refractivity contribution is 6.34. The summed E-state index contributed by atoms with van der Waals surface area (Å²) in [6.45, 7) is 5.08. The van der Waals surface area contributed by atoms with E-state index in [1.54, 1.807) is 21.9 Å². The molecule has 1 aromatic rings. The maximum atomic E-state index is 12.6. The Morgan fingerprint density at radius 1 is 1.15 bits per heavy atom. The highest BCUT2D eigenvalue weighted by atomic mass is 35.5. The predicted octanol–water partition coefficient (Wildman–Crippen LogP) is 1.99. The highest BCUT2D eigenvalue weighted by Crippen LogP contribution is 2.29. The van der Waals surface area contributed by atoms with E-state index in [9.17, 15) is 14.4 Å². The summed E-state index contributed by atoms with van der Waals surface area (Å²) >= 11 is 6.18. The van der Waals surface area contributed by atoms with Gasteiger partial charge in [-0.15, -0.1) is 0 Å². The van der Waals surface area contributed by atoms with Crippen LogP contribution in [0, 0.1) is 5.92 Å². The average Bonchev–Trinajstić information content (AvgIpc) is 3.02. The van der Waals surface area contributed by atoms with Crippen molar-refractivity contribution in [2.45, 2.75) is 25.3 Å². The Bertz CT molecular complexity index is 728. The summed E-state index contributed by atoms with van der Waals surface area (Å²) in [6.07, 6.45) is 3.05. The Labute approximate surface area is 157 Å². The van der Waals surface area contributed by atoms with E-state index in [-0.39, 0.29) is 23.6 Å². The van der Waals surface area contributed by atoms with E-state index >= 15 is 0 Å². The van der Waals surface area contributed by atoms with Gasteiger partial charge in [0.2, 0.25) is 17.7 Å². The molecule has 3 amide bonds. The Hall–Kier alpha value is -2.34. The minimum absolute atomic E-state index is 0.106. The first-order valence-electron chi connectivity index (χ1n) is 8.79. The molecule has 2 saturated heterocycles. The smallest absolute Gasteiger partial charge is 0.249 e. The van der Waals surface area contributed by atoms with Crippen LogP contribution < -0.4 is 10.2 Å². The number of benzene rings is 1. The van der Waals surface area contributed by atoms with Gasteiger partial charge in [0.05, 0.1) is 10.7 Å². The maximum Gasteiger partial charge on any atom is 0.249 e. The predicted molar refractivity (Wildman–Crippen MR) is 99.9 cm³/mol. The Morgan fingerprint density at radius 2 is 1.85 bits per heavy atom. The Morgan fingerprint density at radius 3 is 2.50 bits per heavy atom. The molecule has 2 aliphatic heterocycles. The van der Waals surface area contributed by atoms with Crippen molar-refractivity contribution in [3.8, 4) is 0 Å². The van der Waals surface area contributed by atoms with Crippen LogP contribution in [0.5, 0.6) is 0 Å². The number of halogens is 1. The molecule has 0 saturated carbocycles. The molecule has 26 heavy (non-hydrogen) atoms. The molecule has 0 bridgehead atoms. The Balaban J connectivity index is 1.56. The van der Waals surface area contributed by atoms with Gasteiger partial charge < -0.3 is 15.1 Å². The molecule has 1 aromatic carbocycles. The number of nitrogens with zero attached hydrogens (tertiary/aromatic N) is 2. The Kier molecular flexibility index (Phi) is 5.61. The maximum absolute atomic E-state index is 12.6. The van der Waals surface area contributed by atoms with Crippen molar-refractivity contribution in [2.75, 3.05) is 24.5 Å². The normalized spacial score (nSPS) is 21.0. The fraction of sp³-hybridized carbons (Fsp3) is 0.421. The third-order valence-electron chi connectivity index (χ3n) is 5.02. The minimum Gasteiger partial charge on any atom is -0.344 e. The van der Waals surface area contributed by atoms with E-state index in [4.69, 9.17) is 11.6 Å². The number of rotatable bonds is 4. The van der Waals surface area contributed by atoms with Gasteiger partial charge in [-0.3, -0.25) is 14.4 Å². The number of nitrogens with one attached hydrogen (secondary N) is 1. The molecule has 0 radical (unpaired) electrons. The second-order valence-electron chi connectivity index (χ2n) is 6.59. The fourth-order valence-electron chi connectivity index (χ4n) is 3.50. The van der Waals surface area contributed by atoms with Crippen LogP contribution in [0.4, 0.5) is 5.69 Å². The summed E-state index contributed by atoms with van der Waals surface area (Å²) in [4.78, 5) is 40.1. The molecular weight excluding hydrogens is 354 g/mol. The summed E-state index contributed by atoms with van der Waals surface area (Å²) in [7, 11) is 0. The quantitative estimate of drug-likeness (QED) is 0.818. The fourth-order valence-corrected chi connectivity index (χ4v) is 3.74. The summed E-state index contributed by atoms with van der Waals surface area (Å²) in [5.74, 6) is -0.531. The van der Waals surface area contributed by atoms with Crippen LogP contribution in [-0.2, 0) is 14.4 Å². The van der Waals surface area contributed by atoms with Crippen molar-refractivity contribution < 1.29 is 14.4 Å². The molecule has 0 spiro atoms. The standard InChI is InChI=1S/C19H22ClN3O3/c1-2-17(24)22-10-7-13(8-11-22)18(25)21-15-9-12-23(19(15)26)16-6-4-3-5-14(16)20/h2-6,13,15H,1,7-12H2,(H,21,25). The molecule has 6 nitrogen and oxygen atoms in total. The van der Waals surface area contributed by atoms with Gasteiger partial charge in [0.15, 0.2) is 0 Å². The first kappa shape index (κ1) is 18.5. The van der Waals surface area contributed by atoms with Crippen molar-refractivity contribution >= 4 is 35.0 Å². The van der Waals surface area contributed by atoms with Crippen molar-refractivity contribution in [3.63, 3.8) is 0 Å². The number of piperidine rings is 1. The van der Waals surface area contributed by atoms with Crippen molar-refractivity contribution in [2.24, 2.45) is 5.92 Å². The zero-order chi connectivity index (χ0) is 18.7. The van der Waals surface area contributed by atoms with Crippen LogP contribution in [0.2, 0.25) is 5.02 Å². The topological polar surface area (TPSA) is 69.7 Å². The van der Waals surface area contributed by atoms with Crippen LogP contribution in [0.15, 0.2) is 36.9 Å². The lowest BCUT2D eigenvalue weighted by atomic mass is 9.95. The van der Waals surface area contributed by atoms with Crippen LogP contribution in [0.1, 0.15) is 19.3 Å². The van der Waals surface area contributed by atoms with Gasteiger partial charge in [0.25, 0.3) is 0 Å². The molecule has 2 aliphatic rings. The summed E-state index contributed by atoms with van der Waals surface area (Å²) in [5.41, 5.74) is 0.673. The molecular formula is C19H22ClN3O3. The van der Waals surface area contributed by atoms with Crippen molar-refractivity contribution in [1.29, 1.82) is 0 Å². The van der Waals surface area contributed by atoms with E-state index in [0.29, 0.717) is 49.6 Å². The second-order valence-corrected chi connectivity index (χ2v) is 7.00. The zero-order valence-corrected chi connectivity index (χ0v) is 15.2. The van der Waals surface area contributed by atoms with E-state index in [0.717, 1.165) is 0 Å². The van der Waals surface area contributed by atoms with Gasteiger partial charge >= 0.3 is 0 Å². The number of para-hydroxylation sites is 1. The number of hydrogen-bond donors (Lipinski definition) is 1. The monoisotopic (exact) mass is 375 g/mol. The SMILES string of the molecule is C=CC(=O)N1CCC(C(=O)NC2CCN(c3ccccc3Cl)C2=O)CC1. The molecule has 2 heterocycles. The molecule has 3 rings (SSSR count). The number of carbonyl (C=O) groups excluding carboxylic acids is 3. The zero-order valence-electron chi connectivity index (χ0n) is 14.5. The van der Waals surface area contributed by atoms with E-state index in [1.807, 2.05) is 12.1 Å². The van der Waals surface area contributed by atoms with Gasteiger partial charge in [-0.25, -0.2) is 0 Å². The van der Waals surface area contributed by atoms with Gasteiger partial charge in [0, 0.05) is 25.6 Å². The molecule has 1 N–H and O–H groups in total. The minimum atomic E-state index is -0.522. The summed E-state index contributed by atoms with van der Waals surface area (Å²) < 4.78 is 0. The summed E-state index contributed by atoms with van der Waals surface area (Å²) in [5, 5.41) is 3.40. The van der Waals surface area contributed by atoms with Crippen molar-refractivity contribution in [1.82, 2.24) is 10.2 Å². The molecule has 2 fully saturated rings. The molecule has 0 aromatic heterocycles. The molecule has 138 valence electrons. The molecule has 1 unspecified atom stereocenters. The van der Waals surface area contributed by atoms with Gasteiger partial charge in [-0.05, 0) is 37.5 Å². The van der Waals surface area contributed by atoms with Crippen LogP contribution in [0.3, 0.4) is 0 Å². The average molecular weight is 376 g/mol. The lowest BCUT2D eigenvalue weighted by Gasteiger charge is -2.31. The number of anilines is 1. The molecule has 0 aliphatic carbocycles. The number of carbonyl (C=O) groups is 3. The van der Waals surface area contributed by atoms with E-state index < -0.39 is 6.04 Å². The van der Waals surface area contributed by atoms with Crippen molar-refractivity contribution in [3.05, 3.63) is 41.9 Å². The van der Waals surface area contributed by atoms with Crippen LogP contribution in [0.25, 0.3) is 0 Å². The molecule has 7 heteroatoms. The van der Waals surface area contributed by atoms with Crippen LogP contribution in [-0.4, -0.2) is 48.3 Å². The van der Waals surface area contributed by atoms with E-state index in [1.165, 1.54) is 6.08 Å². The highest BCUT2D eigenvalue weighted by Gasteiger charge is 2.36. The van der Waals surface area contributed by atoms with Gasteiger partial charge in [0.1, 0.15) is 6.04 Å². The number of likely N-dealkylation sites (tertiary alicyclic amines) is 1. The number of hydrogen-bond acceptors (Lipinski definition) is 3. The third-order valence-corrected chi connectivity index (χ3v) is 5.34.